The second-order valence-corrected chi connectivity index (χ2v) is 7.56. The maximum Gasteiger partial charge on any atom is 0.232 e. The molecule has 0 bridgehead atoms. The minimum Gasteiger partial charge on any atom is -0.368 e. The molecule has 0 amide bonds. The molecular weight excluding hydrogens is 358 g/mol. The Bertz CT molecular complexity index is 948. The molecule has 2 heterocycles. The van der Waals surface area contributed by atoms with E-state index in [4.69, 9.17) is 9.97 Å². The van der Waals surface area contributed by atoms with E-state index in [9.17, 15) is 0 Å². The van der Waals surface area contributed by atoms with Crippen LogP contribution >= 0.6 is 0 Å². The Hall–Kier alpha value is -3.08. The SMILES string of the molecule is CCN(c1cccc(C)c1)c1nc(C)cc(N2CCN(c3ccccc3)CC2)n1. The van der Waals surface area contributed by atoms with E-state index in [0.29, 0.717) is 0 Å². The minimum atomic E-state index is 0.776. The van der Waals surface area contributed by atoms with Gasteiger partial charge in [-0.2, -0.15) is 4.98 Å². The van der Waals surface area contributed by atoms with Crippen LogP contribution in [0.25, 0.3) is 0 Å². The highest BCUT2D eigenvalue weighted by molar-refractivity contribution is 5.60. The third kappa shape index (κ3) is 4.34. The van der Waals surface area contributed by atoms with Crippen LogP contribution in [0.3, 0.4) is 0 Å². The number of nitrogens with zero attached hydrogens (tertiary/aromatic N) is 5. The summed E-state index contributed by atoms with van der Waals surface area (Å²) in [5, 5.41) is 0. The van der Waals surface area contributed by atoms with Crippen molar-refractivity contribution in [1.29, 1.82) is 0 Å². The molecule has 3 aromatic rings. The summed E-state index contributed by atoms with van der Waals surface area (Å²) < 4.78 is 0. The van der Waals surface area contributed by atoms with Crippen LogP contribution < -0.4 is 14.7 Å². The highest BCUT2D eigenvalue weighted by atomic mass is 15.3. The predicted molar refractivity (Wildman–Crippen MR) is 121 cm³/mol. The fourth-order valence-electron chi connectivity index (χ4n) is 3.89. The van der Waals surface area contributed by atoms with Crippen LogP contribution in [0, 0.1) is 13.8 Å². The van der Waals surface area contributed by atoms with Crippen molar-refractivity contribution in [3.63, 3.8) is 0 Å². The lowest BCUT2D eigenvalue weighted by molar-refractivity contribution is 0.646. The Morgan fingerprint density at radius 1 is 0.828 bits per heavy atom. The summed E-state index contributed by atoms with van der Waals surface area (Å²) in [5.41, 5.74) is 4.67. The third-order valence-corrected chi connectivity index (χ3v) is 5.42. The van der Waals surface area contributed by atoms with Crippen molar-refractivity contribution in [3.05, 3.63) is 71.9 Å². The van der Waals surface area contributed by atoms with Gasteiger partial charge < -0.3 is 14.7 Å². The van der Waals surface area contributed by atoms with Gasteiger partial charge in [0.25, 0.3) is 0 Å². The zero-order chi connectivity index (χ0) is 20.2. The summed E-state index contributed by atoms with van der Waals surface area (Å²) in [7, 11) is 0. The molecule has 5 heteroatoms. The number of hydrogen-bond donors (Lipinski definition) is 0. The molecular formula is C24H29N5. The third-order valence-electron chi connectivity index (χ3n) is 5.42. The molecule has 0 atom stereocenters. The van der Waals surface area contributed by atoms with E-state index >= 15 is 0 Å². The first kappa shape index (κ1) is 19.2. The molecule has 0 radical (unpaired) electrons. The van der Waals surface area contributed by atoms with Crippen LogP contribution in [-0.2, 0) is 0 Å². The molecule has 0 saturated carbocycles. The fourth-order valence-corrected chi connectivity index (χ4v) is 3.89. The number of benzene rings is 2. The molecule has 2 aromatic carbocycles. The zero-order valence-corrected chi connectivity index (χ0v) is 17.5. The molecule has 0 aliphatic carbocycles. The topological polar surface area (TPSA) is 35.5 Å². The lowest BCUT2D eigenvalue weighted by atomic mass is 10.2. The molecule has 1 fully saturated rings. The Balaban J connectivity index is 1.54. The van der Waals surface area contributed by atoms with Crippen molar-refractivity contribution in [2.45, 2.75) is 20.8 Å². The zero-order valence-electron chi connectivity index (χ0n) is 17.5. The molecule has 1 aliphatic heterocycles. The van der Waals surface area contributed by atoms with Gasteiger partial charge in [0.15, 0.2) is 0 Å². The molecule has 150 valence electrons. The average Bonchev–Trinajstić information content (AvgIpc) is 2.75. The van der Waals surface area contributed by atoms with Gasteiger partial charge in [-0.25, -0.2) is 4.98 Å². The Morgan fingerprint density at radius 2 is 1.55 bits per heavy atom. The van der Waals surface area contributed by atoms with Gasteiger partial charge in [-0.15, -0.1) is 0 Å². The summed E-state index contributed by atoms with van der Waals surface area (Å²) in [4.78, 5) is 16.7. The van der Waals surface area contributed by atoms with E-state index in [1.807, 2.05) is 0 Å². The standard InChI is InChI=1S/C24H29N5/c1-4-29(22-12-8-9-19(2)17-22)24-25-20(3)18-23(26-24)28-15-13-27(14-16-28)21-10-6-5-7-11-21/h5-12,17-18H,4,13-16H2,1-3H3. The molecule has 5 nitrogen and oxygen atoms in total. The van der Waals surface area contributed by atoms with Gasteiger partial charge in [-0.05, 0) is 50.6 Å². The van der Waals surface area contributed by atoms with Crippen LogP contribution in [0.15, 0.2) is 60.7 Å². The largest absolute Gasteiger partial charge is 0.368 e. The summed E-state index contributed by atoms with van der Waals surface area (Å²) in [6.45, 7) is 11.1. The van der Waals surface area contributed by atoms with E-state index in [2.05, 4.69) is 96.1 Å². The highest BCUT2D eigenvalue weighted by Crippen LogP contribution is 2.26. The van der Waals surface area contributed by atoms with Gasteiger partial charge in [0.05, 0.1) is 0 Å². The Kier molecular flexibility index (Phi) is 5.65. The van der Waals surface area contributed by atoms with Crippen molar-refractivity contribution < 1.29 is 0 Å². The normalized spacial score (nSPS) is 14.2. The first-order valence-electron chi connectivity index (χ1n) is 10.4. The van der Waals surface area contributed by atoms with Gasteiger partial charge in [0.1, 0.15) is 5.82 Å². The monoisotopic (exact) mass is 387 g/mol. The maximum absolute atomic E-state index is 4.95. The number of rotatable bonds is 5. The number of aryl methyl sites for hydroxylation is 2. The van der Waals surface area contributed by atoms with E-state index in [1.165, 1.54) is 11.3 Å². The Morgan fingerprint density at radius 3 is 2.24 bits per heavy atom. The molecule has 29 heavy (non-hydrogen) atoms. The molecule has 1 saturated heterocycles. The number of piperazine rings is 1. The molecule has 1 aromatic heterocycles. The lowest BCUT2D eigenvalue weighted by Gasteiger charge is -2.37. The predicted octanol–water partition coefficient (Wildman–Crippen LogP) is 4.58. The summed E-state index contributed by atoms with van der Waals surface area (Å²) in [5.74, 6) is 1.80. The first-order valence-corrected chi connectivity index (χ1v) is 10.4. The molecule has 4 rings (SSSR count). The molecule has 0 spiro atoms. The lowest BCUT2D eigenvalue weighted by Crippen LogP contribution is -2.47. The van der Waals surface area contributed by atoms with Gasteiger partial charge in [0.2, 0.25) is 5.95 Å². The van der Waals surface area contributed by atoms with E-state index in [-0.39, 0.29) is 0 Å². The molecule has 0 N–H and O–H groups in total. The summed E-state index contributed by atoms with van der Waals surface area (Å²) in [6, 6.07) is 21.3. The summed E-state index contributed by atoms with van der Waals surface area (Å²) >= 11 is 0. The van der Waals surface area contributed by atoms with Crippen molar-refractivity contribution in [1.82, 2.24) is 9.97 Å². The van der Waals surface area contributed by atoms with E-state index < -0.39 is 0 Å². The number of hydrogen-bond acceptors (Lipinski definition) is 5. The van der Waals surface area contributed by atoms with Gasteiger partial charge in [-0.1, -0.05) is 30.3 Å². The van der Waals surface area contributed by atoms with E-state index in [0.717, 1.165) is 55.9 Å². The van der Waals surface area contributed by atoms with Crippen molar-refractivity contribution in [3.8, 4) is 0 Å². The smallest absolute Gasteiger partial charge is 0.232 e. The van der Waals surface area contributed by atoms with Crippen LogP contribution in [0.2, 0.25) is 0 Å². The second-order valence-electron chi connectivity index (χ2n) is 7.56. The van der Waals surface area contributed by atoms with Gasteiger partial charge in [-0.3, -0.25) is 0 Å². The van der Waals surface area contributed by atoms with Crippen LogP contribution in [0.5, 0.6) is 0 Å². The van der Waals surface area contributed by atoms with Crippen molar-refractivity contribution >= 4 is 23.1 Å². The van der Waals surface area contributed by atoms with Gasteiger partial charge in [0, 0.05) is 55.9 Å². The Labute approximate surface area is 173 Å². The first-order chi connectivity index (χ1) is 14.1. The number of anilines is 4. The molecule has 0 unspecified atom stereocenters. The van der Waals surface area contributed by atoms with Crippen molar-refractivity contribution in [2.75, 3.05) is 47.4 Å². The quantitative estimate of drug-likeness (QED) is 0.640. The van der Waals surface area contributed by atoms with Crippen molar-refractivity contribution in [2.24, 2.45) is 0 Å². The van der Waals surface area contributed by atoms with Crippen LogP contribution in [-0.4, -0.2) is 42.7 Å². The maximum atomic E-state index is 4.95. The average molecular weight is 388 g/mol. The van der Waals surface area contributed by atoms with Gasteiger partial charge >= 0.3 is 0 Å². The minimum absolute atomic E-state index is 0.776. The van der Waals surface area contributed by atoms with Crippen LogP contribution in [0.4, 0.5) is 23.1 Å². The second kappa shape index (κ2) is 8.52. The number of para-hydroxylation sites is 1. The van der Waals surface area contributed by atoms with Crippen LogP contribution in [0.1, 0.15) is 18.2 Å². The fraction of sp³-hybridized carbons (Fsp3) is 0.333. The highest BCUT2D eigenvalue weighted by Gasteiger charge is 2.20. The van der Waals surface area contributed by atoms with E-state index in [1.54, 1.807) is 0 Å². The summed E-state index contributed by atoms with van der Waals surface area (Å²) in [6.07, 6.45) is 0. The number of aromatic nitrogens is 2. The molecule has 1 aliphatic rings.